The summed E-state index contributed by atoms with van der Waals surface area (Å²) in [7, 11) is 0. The molecule has 0 aliphatic carbocycles. The average molecular weight is 575 g/mol. The molecule has 212 valence electrons. The van der Waals surface area contributed by atoms with Crippen molar-refractivity contribution in [2.45, 2.75) is 0 Å². The predicted molar refractivity (Wildman–Crippen MR) is 190 cm³/mol. The summed E-state index contributed by atoms with van der Waals surface area (Å²) < 4.78 is 2.41. The third-order valence-electron chi connectivity index (χ3n) is 8.68. The van der Waals surface area contributed by atoms with Crippen molar-refractivity contribution in [2.75, 3.05) is 0 Å². The van der Waals surface area contributed by atoms with Crippen molar-refractivity contribution in [3.05, 3.63) is 175 Å². The van der Waals surface area contributed by atoms with Gasteiger partial charge in [0.2, 0.25) is 0 Å². The number of fused-ring (bicyclic) bond motifs is 3. The Morgan fingerprint density at radius 1 is 0.378 bits per heavy atom. The normalized spacial score (nSPS) is 11.2. The van der Waals surface area contributed by atoms with Crippen LogP contribution in [0, 0.1) is 5.41 Å². The Bertz CT molecular complexity index is 2290. The summed E-state index contributed by atoms with van der Waals surface area (Å²) in [5, 5.41) is 10.8. The van der Waals surface area contributed by atoms with Gasteiger partial charge in [0.25, 0.3) is 0 Å². The van der Waals surface area contributed by atoms with Crippen LogP contribution in [0.5, 0.6) is 0 Å². The van der Waals surface area contributed by atoms with Gasteiger partial charge in [-0.1, -0.05) is 152 Å². The molecule has 0 atom stereocenters. The highest BCUT2D eigenvalue weighted by Gasteiger charge is 2.29. The summed E-state index contributed by atoms with van der Waals surface area (Å²) in [6.07, 6.45) is 1.50. The van der Waals surface area contributed by atoms with E-state index in [1.807, 2.05) is 0 Å². The number of para-hydroxylation sites is 1. The van der Waals surface area contributed by atoms with Gasteiger partial charge in [-0.05, 0) is 46.0 Å². The van der Waals surface area contributed by atoms with Crippen LogP contribution >= 0.6 is 0 Å². The molecule has 7 aromatic carbocycles. The van der Waals surface area contributed by atoms with Gasteiger partial charge in [-0.2, -0.15) is 0 Å². The van der Waals surface area contributed by atoms with Gasteiger partial charge >= 0.3 is 0 Å². The van der Waals surface area contributed by atoms with Crippen LogP contribution in [0.15, 0.2) is 170 Å². The molecule has 0 saturated heterocycles. The molecule has 0 aliphatic rings. The number of rotatable bonds is 6. The van der Waals surface area contributed by atoms with Gasteiger partial charge < -0.3 is 9.98 Å². The molecular weight excluding hydrogens is 544 g/mol. The Hall–Kier alpha value is -5.99. The zero-order valence-electron chi connectivity index (χ0n) is 24.7. The molecule has 1 N–H and O–H groups in total. The summed E-state index contributed by atoms with van der Waals surface area (Å²) in [4.78, 5) is 0. The fraction of sp³-hybridized carbons (Fsp3) is 0. The minimum Gasteiger partial charge on any atom is -0.309 e. The van der Waals surface area contributed by atoms with E-state index in [2.05, 4.69) is 174 Å². The zero-order chi connectivity index (χ0) is 30.2. The third-order valence-corrected chi connectivity index (χ3v) is 8.68. The van der Waals surface area contributed by atoms with E-state index in [9.17, 15) is 0 Å². The molecule has 0 bridgehead atoms. The van der Waals surface area contributed by atoms with Gasteiger partial charge in [-0.3, -0.25) is 0 Å². The SMILES string of the molecule is N=Cc1cccc2c1c1c(-c3ccccc3)c(-c3ccccc3)c(-c3ccccc3)c(-c3ccccc3)c1n2-c1ccccc1. The minimum atomic E-state index is 0.898. The molecule has 1 heterocycles. The van der Waals surface area contributed by atoms with E-state index in [1.165, 1.54) is 28.5 Å². The van der Waals surface area contributed by atoms with Crippen molar-refractivity contribution < 1.29 is 0 Å². The molecule has 1 aromatic heterocycles. The lowest BCUT2D eigenvalue weighted by atomic mass is 9.80. The van der Waals surface area contributed by atoms with Crippen molar-refractivity contribution in [3.63, 3.8) is 0 Å². The van der Waals surface area contributed by atoms with Crippen LogP contribution in [0.1, 0.15) is 5.56 Å². The van der Waals surface area contributed by atoms with Crippen LogP contribution in [0.25, 0.3) is 72.0 Å². The van der Waals surface area contributed by atoms with Gasteiger partial charge in [0, 0.05) is 44.9 Å². The number of aromatic nitrogens is 1. The Morgan fingerprint density at radius 3 is 1.29 bits per heavy atom. The highest BCUT2D eigenvalue weighted by Crippen LogP contribution is 2.54. The second-order valence-electron chi connectivity index (χ2n) is 11.2. The maximum Gasteiger partial charge on any atom is 0.0632 e. The first-order chi connectivity index (χ1) is 22.3. The van der Waals surface area contributed by atoms with Crippen molar-refractivity contribution in [1.82, 2.24) is 4.57 Å². The van der Waals surface area contributed by atoms with Crippen LogP contribution in [0.2, 0.25) is 0 Å². The van der Waals surface area contributed by atoms with Gasteiger partial charge in [-0.25, -0.2) is 0 Å². The Labute approximate surface area is 263 Å². The topological polar surface area (TPSA) is 28.8 Å². The van der Waals surface area contributed by atoms with Gasteiger partial charge in [-0.15, -0.1) is 0 Å². The molecule has 2 nitrogen and oxygen atoms in total. The lowest BCUT2D eigenvalue weighted by molar-refractivity contribution is 1.18. The number of benzene rings is 7. The molecule has 0 amide bonds. The average Bonchev–Trinajstić information content (AvgIpc) is 3.47. The molecule has 0 aliphatic heterocycles. The number of hydrogen-bond donors (Lipinski definition) is 1. The number of nitrogens with zero attached hydrogens (tertiary/aromatic N) is 1. The lowest BCUT2D eigenvalue weighted by Gasteiger charge is -2.24. The van der Waals surface area contributed by atoms with Crippen LogP contribution in [-0.2, 0) is 0 Å². The number of nitrogens with one attached hydrogen (secondary N) is 1. The quantitative estimate of drug-likeness (QED) is 0.191. The minimum absolute atomic E-state index is 0.898. The fourth-order valence-electron chi connectivity index (χ4n) is 6.87. The molecular formula is C43H30N2. The van der Waals surface area contributed by atoms with E-state index < -0.39 is 0 Å². The second kappa shape index (κ2) is 11.3. The van der Waals surface area contributed by atoms with E-state index in [0.717, 1.165) is 55.3 Å². The lowest BCUT2D eigenvalue weighted by Crippen LogP contribution is -2.00. The van der Waals surface area contributed by atoms with Crippen LogP contribution in [0.3, 0.4) is 0 Å². The summed E-state index contributed by atoms with van der Waals surface area (Å²) in [5.41, 5.74) is 13.5. The fourth-order valence-corrected chi connectivity index (χ4v) is 6.87. The molecule has 0 radical (unpaired) electrons. The Kier molecular flexibility index (Phi) is 6.66. The maximum absolute atomic E-state index is 8.57. The van der Waals surface area contributed by atoms with Crippen molar-refractivity contribution >= 4 is 28.0 Å². The van der Waals surface area contributed by atoms with E-state index >= 15 is 0 Å². The van der Waals surface area contributed by atoms with Gasteiger partial charge in [0.05, 0.1) is 11.0 Å². The first-order valence-corrected chi connectivity index (χ1v) is 15.3. The molecule has 0 unspecified atom stereocenters. The highest BCUT2D eigenvalue weighted by atomic mass is 15.0. The maximum atomic E-state index is 8.57. The number of hydrogen-bond acceptors (Lipinski definition) is 1. The van der Waals surface area contributed by atoms with Gasteiger partial charge in [0.1, 0.15) is 0 Å². The molecule has 45 heavy (non-hydrogen) atoms. The van der Waals surface area contributed by atoms with Gasteiger partial charge in [0.15, 0.2) is 0 Å². The molecule has 2 heteroatoms. The second-order valence-corrected chi connectivity index (χ2v) is 11.2. The van der Waals surface area contributed by atoms with Crippen LogP contribution < -0.4 is 0 Å². The standard InChI is InChI=1S/C43H30N2/c44-29-34-25-16-28-36-37(34)42-40(32-21-10-3-11-22-32)38(30-17-6-1-7-18-30)39(31-19-8-2-9-20-31)41(33-23-12-4-13-24-33)43(42)45(36)35-26-14-5-15-27-35/h1-29,44H. The first-order valence-electron chi connectivity index (χ1n) is 15.3. The molecule has 0 fully saturated rings. The molecule has 8 rings (SSSR count). The van der Waals surface area contributed by atoms with Crippen LogP contribution in [-0.4, -0.2) is 10.8 Å². The van der Waals surface area contributed by atoms with E-state index in [4.69, 9.17) is 5.41 Å². The summed E-state index contributed by atoms with van der Waals surface area (Å²) in [6.45, 7) is 0. The summed E-state index contributed by atoms with van der Waals surface area (Å²) >= 11 is 0. The van der Waals surface area contributed by atoms with Crippen molar-refractivity contribution in [3.8, 4) is 50.2 Å². The van der Waals surface area contributed by atoms with E-state index in [-0.39, 0.29) is 0 Å². The molecule has 0 saturated carbocycles. The first kappa shape index (κ1) is 26.6. The van der Waals surface area contributed by atoms with Crippen molar-refractivity contribution in [2.24, 2.45) is 0 Å². The zero-order valence-corrected chi connectivity index (χ0v) is 24.7. The van der Waals surface area contributed by atoms with Crippen LogP contribution in [0.4, 0.5) is 0 Å². The third kappa shape index (κ3) is 4.39. The van der Waals surface area contributed by atoms with E-state index in [1.54, 1.807) is 0 Å². The Balaban J connectivity index is 1.77. The Morgan fingerprint density at radius 2 is 0.800 bits per heavy atom. The highest BCUT2D eigenvalue weighted by molar-refractivity contribution is 6.28. The van der Waals surface area contributed by atoms with Crippen molar-refractivity contribution in [1.29, 1.82) is 5.41 Å². The predicted octanol–water partition coefficient (Wildman–Crippen LogP) is 11.4. The largest absolute Gasteiger partial charge is 0.309 e. The summed E-state index contributed by atoms with van der Waals surface area (Å²) in [5.74, 6) is 0. The summed E-state index contributed by atoms with van der Waals surface area (Å²) in [6, 6.07) is 60.1. The molecule has 8 aromatic rings. The monoisotopic (exact) mass is 574 g/mol. The van der Waals surface area contributed by atoms with E-state index in [0.29, 0.717) is 0 Å². The molecule has 0 spiro atoms. The smallest absolute Gasteiger partial charge is 0.0632 e.